The first kappa shape index (κ1) is 18.2. The molecule has 0 aliphatic carbocycles. The summed E-state index contributed by atoms with van der Waals surface area (Å²) < 4.78 is 5.45. The van der Waals surface area contributed by atoms with E-state index in [-0.39, 0.29) is 0 Å². The SMILES string of the molecule is CCCCN(C)CCN=C(NCC)N(C)CC1CCOC1. The number of likely N-dealkylation sites (N-methyl/N-ethyl adjacent to an activating group) is 1. The van der Waals surface area contributed by atoms with Gasteiger partial charge in [0.1, 0.15) is 0 Å². The summed E-state index contributed by atoms with van der Waals surface area (Å²) in [6, 6.07) is 0. The highest BCUT2D eigenvalue weighted by atomic mass is 16.5. The van der Waals surface area contributed by atoms with E-state index in [0.29, 0.717) is 5.92 Å². The van der Waals surface area contributed by atoms with E-state index in [1.807, 2.05) is 0 Å². The van der Waals surface area contributed by atoms with Crippen LogP contribution in [0.5, 0.6) is 0 Å². The zero-order valence-corrected chi connectivity index (χ0v) is 14.4. The second-order valence-electron chi connectivity index (χ2n) is 6.00. The highest BCUT2D eigenvalue weighted by Crippen LogP contribution is 2.13. The third-order valence-corrected chi connectivity index (χ3v) is 3.89. The molecule has 124 valence electrons. The van der Waals surface area contributed by atoms with Crippen molar-refractivity contribution >= 4 is 5.96 Å². The van der Waals surface area contributed by atoms with E-state index in [1.54, 1.807) is 0 Å². The quantitative estimate of drug-likeness (QED) is 0.519. The molecule has 0 aromatic carbocycles. The number of nitrogens with one attached hydrogen (secondary N) is 1. The van der Waals surface area contributed by atoms with Crippen LogP contribution in [0.2, 0.25) is 0 Å². The molecule has 0 saturated carbocycles. The number of hydrogen-bond acceptors (Lipinski definition) is 3. The number of guanidine groups is 1. The second-order valence-corrected chi connectivity index (χ2v) is 6.00. The van der Waals surface area contributed by atoms with Crippen LogP contribution in [-0.4, -0.2) is 75.8 Å². The predicted octanol–water partition coefficient (Wildman–Crippen LogP) is 1.65. The summed E-state index contributed by atoms with van der Waals surface area (Å²) in [6.07, 6.45) is 3.69. The summed E-state index contributed by atoms with van der Waals surface area (Å²) in [4.78, 5) is 9.36. The minimum atomic E-state index is 0.645. The van der Waals surface area contributed by atoms with E-state index < -0.39 is 0 Å². The molecule has 1 unspecified atom stereocenters. The molecule has 0 aromatic rings. The molecule has 1 fully saturated rings. The van der Waals surface area contributed by atoms with Gasteiger partial charge in [0.15, 0.2) is 5.96 Å². The van der Waals surface area contributed by atoms with Gasteiger partial charge in [0.25, 0.3) is 0 Å². The maximum Gasteiger partial charge on any atom is 0.193 e. The topological polar surface area (TPSA) is 40.1 Å². The van der Waals surface area contributed by atoms with Crippen LogP contribution in [0.25, 0.3) is 0 Å². The van der Waals surface area contributed by atoms with E-state index in [2.05, 4.69) is 43.1 Å². The van der Waals surface area contributed by atoms with Gasteiger partial charge in [-0.25, -0.2) is 0 Å². The number of aliphatic imine (C=N–C) groups is 1. The monoisotopic (exact) mass is 298 g/mol. The van der Waals surface area contributed by atoms with Crippen molar-refractivity contribution in [1.82, 2.24) is 15.1 Å². The fourth-order valence-electron chi connectivity index (χ4n) is 2.54. The van der Waals surface area contributed by atoms with Crippen molar-refractivity contribution in [2.45, 2.75) is 33.1 Å². The van der Waals surface area contributed by atoms with Crippen LogP contribution in [-0.2, 0) is 4.74 Å². The van der Waals surface area contributed by atoms with Gasteiger partial charge in [-0.05, 0) is 33.4 Å². The molecule has 1 N–H and O–H groups in total. The molecule has 0 radical (unpaired) electrons. The van der Waals surface area contributed by atoms with Crippen LogP contribution in [0.3, 0.4) is 0 Å². The van der Waals surface area contributed by atoms with Crippen molar-refractivity contribution in [2.75, 3.05) is 60.0 Å². The van der Waals surface area contributed by atoms with Crippen molar-refractivity contribution in [3.05, 3.63) is 0 Å². The van der Waals surface area contributed by atoms with Crippen molar-refractivity contribution < 1.29 is 4.74 Å². The van der Waals surface area contributed by atoms with Gasteiger partial charge in [-0.3, -0.25) is 4.99 Å². The Morgan fingerprint density at radius 3 is 2.71 bits per heavy atom. The van der Waals surface area contributed by atoms with E-state index >= 15 is 0 Å². The lowest BCUT2D eigenvalue weighted by atomic mass is 10.1. The van der Waals surface area contributed by atoms with Gasteiger partial charge in [0.05, 0.1) is 13.2 Å². The van der Waals surface area contributed by atoms with E-state index in [0.717, 1.165) is 51.9 Å². The van der Waals surface area contributed by atoms with Crippen LogP contribution in [0.4, 0.5) is 0 Å². The molecule has 1 aliphatic rings. The molecule has 5 heteroatoms. The Morgan fingerprint density at radius 1 is 1.29 bits per heavy atom. The molecule has 0 amide bonds. The summed E-state index contributed by atoms with van der Waals surface area (Å²) in [5, 5.41) is 3.39. The molecule has 1 rings (SSSR count). The molecular weight excluding hydrogens is 264 g/mol. The first-order valence-corrected chi connectivity index (χ1v) is 8.43. The molecule has 0 spiro atoms. The number of unbranched alkanes of at least 4 members (excludes halogenated alkanes) is 1. The zero-order chi connectivity index (χ0) is 15.5. The standard InChI is InChI=1S/C16H34N4O/c1-5-7-10-19(3)11-9-18-16(17-6-2)20(4)13-15-8-12-21-14-15/h15H,5-14H2,1-4H3,(H,17,18). The summed E-state index contributed by atoms with van der Waals surface area (Å²) in [7, 11) is 4.30. The van der Waals surface area contributed by atoms with Crippen LogP contribution in [0, 0.1) is 5.92 Å². The molecule has 1 saturated heterocycles. The van der Waals surface area contributed by atoms with Gasteiger partial charge >= 0.3 is 0 Å². The summed E-state index contributed by atoms with van der Waals surface area (Å²) in [5.41, 5.74) is 0. The normalized spacial score (nSPS) is 19.3. The lowest BCUT2D eigenvalue weighted by Crippen LogP contribution is -2.42. The number of ether oxygens (including phenoxy) is 1. The maximum absolute atomic E-state index is 5.45. The fraction of sp³-hybridized carbons (Fsp3) is 0.938. The van der Waals surface area contributed by atoms with Crippen LogP contribution >= 0.6 is 0 Å². The molecule has 5 nitrogen and oxygen atoms in total. The molecule has 0 aromatic heterocycles. The van der Waals surface area contributed by atoms with Crippen molar-refractivity contribution in [1.29, 1.82) is 0 Å². The summed E-state index contributed by atoms with van der Waals surface area (Å²) in [5.74, 6) is 1.67. The zero-order valence-electron chi connectivity index (χ0n) is 14.4. The molecular formula is C16H34N4O. The molecule has 0 bridgehead atoms. The van der Waals surface area contributed by atoms with Gasteiger partial charge in [0, 0.05) is 39.2 Å². The third-order valence-electron chi connectivity index (χ3n) is 3.89. The van der Waals surface area contributed by atoms with Gasteiger partial charge in [-0.1, -0.05) is 13.3 Å². The highest BCUT2D eigenvalue weighted by molar-refractivity contribution is 5.79. The van der Waals surface area contributed by atoms with Crippen LogP contribution in [0.1, 0.15) is 33.1 Å². The average molecular weight is 298 g/mol. The van der Waals surface area contributed by atoms with Crippen molar-refractivity contribution in [3.63, 3.8) is 0 Å². The Bertz CT molecular complexity index is 290. The fourth-order valence-corrected chi connectivity index (χ4v) is 2.54. The first-order chi connectivity index (χ1) is 10.2. The number of nitrogens with zero attached hydrogens (tertiary/aromatic N) is 3. The van der Waals surface area contributed by atoms with Crippen molar-refractivity contribution in [2.24, 2.45) is 10.9 Å². The molecule has 1 heterocycles. The van der Waals surface area contributed by atoms with Crippen LogP contribution < -0.4 is 5.32 Å². The number of hydrogen-bond donors (Lipinski definition) is 1. The van der Waals surface area contributed by atoms with Crippen LogP contribution in [0.15, 0.2) is 4.99 Å². The summed E-state index contributed by atoms with van der Waals surface area (Å²) in [6.45, 7) is 11.1. The lowest BCUT2D eigenvalue weighted by molar-refractivity contribution is 0.181. The molecule has 1 aliphatic heterocycles. The first-order valence-electron chi connectivity index (χ1n) is 8.43. The Labute approximate surface area is 130 Å². The Morgan fingerprint density at radius 2 is 2.10 bits per heavy atom. The maximum atomic E-state index is 5.45. The number of rotatable bonds is 9. The third kappa shape index (κ3) is 7.67. The Balaban J connectivity index is 2.36. The smallest absolute Gasteiger partial charge is 0.193 e. The van der Waals surface area contributed by atoms with Gasteiger partial charge in [-0.15, -0.1) is 0 Å². The minimum Gasteiger partial charge on any atom is -0.381 e. The summed E-state index contributed by atoms with van der Waals surface area (Å²) >= 11 is 0. The predicted molar refractivity (Wildman–Crippen MR) is 89.9 cm³/mol. The van der Waals surface area contributed by atoms with E-state index in [9.17, 15) is 0 Å². The van der Waals surface area contributed by atoms with E-state index in [1.165, 1.54) is 19.3 Å². The van der Waals surface area contributed by atoms with Crippen molar-refractivity contribution in [3.8, 4) is 0 Å². The van der Waals surface area contributed by atoms with E-state index in [4.69, 9.17) is 9.73 Å². The second kappa shape index (κ2) is 10.9. The van der Waals surface area contributed by atoms with Gasteiger partial charge in [-0.2, -0.15) is 0 Å². The largest absolute Gasteiger partial charge is 0.381 e. The molecule has 1 atom stereocenters. The Kier molecular flexibility index (Phi) is 9.42. The molecule has 21 heavy (non-hydrogen) atoms. The highest BCUT2D eigenvalue weighted by Gasteiger charge is 2.18. The minimum absolute atomic E-state index is 0.645. The average Bonchev–Trinajstić information content (AvgIpc) is 2.97. The Hall–Kier alpha value is -0.810. The van der Waals surface area contributed by atoms with Gasteiger partial charge in [0.2, 0.25) is 0 Å². The van der Waals surface area contributed by atoms with Gasteiger partial charge < -0.3 is 19.9 Å². The lowest BCUT2D eigenvalue weighted by Gasteiger charge is -2.25.